The fraction of sp³-hybridized carbons (Fsp3) is 0.333. The fourth-order valence-electron chi connectivity index (χ4n) is 1.96. The first kappa shape index (κ1) is 13.1. The molecule has 2 aromatic rings. The first-order valence-corrected chi connectivity index (χ1v) is 7.20. The maximum absolute atomic E-state index is 9.22. The zero-order valence-corrected chi connectivity index (χ0v) is 11.4. The van der Waals surface area contributed by atoms with Gasteiger partial charge in [-0.1, -0.05) is 12.1 Å². The summed E-state index contributed by atoms with van der Waals surface area (Å²) < 4.78 is 0. The standard InChI is InChI=1S/C15H19NOS/c1-12(10-13-2-4-15(17)5-3-13)16-8-6-14-7-9-18-11-14/h2-5,7,9,11-12,16-17H,6,8,10H2,1H3. The van der Waals surface area contributed by atoms with Gasteiger partial charge in [-0.3, -0.25) is 0 Å². The van der Waals surface area contributed by atoms with Crippen LogP contribution in [0.3, 0.4) is 0 Å². The minimum Gasteiger partial charge on any atom is -0.508 e. The number of nitrogens with one attached hydrogen (secondary N) is 1. The van der Waals surface area contributed by atoms with Crippen molar-refractivity contribution in [1.29, 1.82) is 0 Å². The van der Waals surface area contributed by atoms with Gasteiger partial charge in [0.25, 0.3) is 0 Å². The molecule has 0 radical (unpaired) electrons. The summed E-state index contributed by atoms with van der Waals surface area (Å²) in [6.45, 7) is 3.20. The van der Waals surface area contributed by atoms with Crippen molar-refractivity contribution in [2.75, 3.05) is 6.54 Å². The van der Waals surface area contributed by atoms with E-state index in [1.807, 2.05) is 12.1 Å². The van der Waals surface area contributed by atoms with Crippen molar-refractivity contribution < 1.29 is 5.11 Å². The molecular formula is C15H19NOS. The Morgan fingerprint density at radius 2 is 1.94 bits per heavy atom. The molecule has 2 nitrogen and oxygen atoms in total. The molecule has 3 heteroatoms. The molecule has 0 spiro atoms. The molecule has 0 amide bonds. The van der Waals surface area contributed by atoms with E-state index in [4.69, 9.17) is 0 Å². The third-order valence-electron chi connectivity index (χ3n) is 2.96. The van der Waals surface area contributed by atoms with Gasteiger partial charge < -0.3 is 10.4 Å². The van der Waals surface area contributed by atoms with Gasteiger partial charge in [-0.15, -0.1) is 0 Å². The molecule has 1 heterocycles. The predicted molar refractivity (Wildman–Crippen MR) is 77.3 cm³/mol. The van der Waals surface area contributed by atoms with Gasteiger partial charge in [-0.2, -0.15) is 11.3 Å². The SMILES string of the molecule is CC(Cc1ccc(O)cc1)NCCc1ccsc1. The van der Waals surface area contributed by atoms with Crippen molar-refractivity contribution in [2.24, 2.45) is 0 Å². The summed E-state index contributed by atoms with van der Waals surface area (Å²) in [5.41, 5.74) is 2.66. The molecule has 0 saturated heterocycles. The van der Waals surface area contributed by atoms with Crippen molar-refractivity contribution in [3.63, 3.8) is 0 Å². The van der Waals surface area contributed by atoms with Crippen LogP contribution in [0.25, 0.3) is 0 Å². The molecule has 0 aliphatic rings. The van der Waals surface area contributed by atoms with E-state index in [-0.39, 0.29) is 0 Å². The molecule has 0 fully saturated rings. The van der Waals surface area contributed by atoms with E-state index in [9.17, 15) is 5.11 Å². The maximum atomic E-state index is 9.22. The first-order chi connectivity index (χ1) is 8.74. The maximum Gasteiger partial charge on any atom is 0.115 e. The second kappa shape index (κ2) is 6.57. The minimum absolute atomic E-state index is 0.330. The third kappa shape index (κ3) is 4.17. The highest BCUT2D eigenvalue weighted by atomic mass is 32.1. The van der Waals surface area contributed by atoms with Crippen LogP contribution in [0.15, 0.2) is 41.1 Å². The van der Waals surface area contributed by atoms with E-state index >= 15 is 0 Å². The Bertz CT molecular complexity index is 450. The van der Waals surface area contributed by atoms with Crippen molar-refractivity contribution in [3.05, 3.63) is 52.2 Å². The Morgan fingerprint density at radius 1 is 1.17 bits per heavy atom. The molecule has 0 aliphatic carbocycles. The molecule has 1 unspecified atom stereocenters. The summed E-state index contributed by atoms with van der Waals surface area (Å²) in [5, 5.41) is 17.1. The zero-order valence-electron chi connectivity index (χ0n) is 10.6. The Kier molecular flexibility index (Phi) is 4.79. The molecule has 1 aromatic heterocycles. The van der Waals surface area contributed by atoms with Gasteiger partial charge in [-0.25, -0.2) is 0 Å². The number of hydrogen-bond donors (Lipinski definition) is 2. The number of rotatable bonds is 6. The number of benzene rings is 1. The van der Waals surface area contributed by atoms with Crippen LogP contribution in [0, 0.1) is 0 Å². The van der Waals surface area contributed by atoms with Crippen molar-refractivity contribution in [2.45, 2.75) is 25.8 Å². The predicted octanol–water partition coefficient (Wildman–Crippen LogP) is 3.22. The third-order valence-corrected chi connectivity index (χ3v) is 3.70. The average molecular weight is 261 g/mol. The molecule has 2 rings (SSSR count). The number of aromatic hydroxyl groups is 1. The summed E-state index contributed by atoms with van der Waals surface area (Å²) in [7, 11) is 0. The average Bonchev–Trinajstić information content (AvgIpc) is 2.85. The molecule has 1 atom stereocenters. The highest BCUT2D eigenvalue weighted by Gasteiger charge is 2.03. The van der Waals surface area contributed by atoms with Crippen LogP contribution in [-0.2, 0) is 12.8 Å². The summed E-state index contributed by atoms with van der Waals surface area (Å²) in [6.07, 6.45) is 2.08. The van der Waals surface area contributed by atoms with E-state index in [0.29, 0.717) is 11.8 Å². The second-order valence-electron chi connectivity index (χ2n) is 4.61. The highest BCUT2D eigenvalue weighted by Crippen LogP contribution is 2.11. The van der Waals surface area contributed by atoms with E-state index in [2.05, 4.69) is 29.1 Å². The smallest absolute Gasteiger partial charge is 0.115 e. The lowest BCUT2D eigenvalue weighted by atomic mass is 10.1. The number of thiophene rings is 1. The largest absolute Gasteiger partial charge is 0.508 e. The van der Waals surface area contributed by atoms with Gasteiger partial charge in [0, 0.05) is 6.04 Å². The second-order valence-corrected chi connectivity index (χ2v) is 5.39. The highest BCUT2D eigenvalue weighted by molar-refractivity contribution is 7.07. The van der Waals surface area contributed by atoms with Crippen LogP contribution >= 0.6 is 11.3 Å². The summed E-state index contributed by atoms with van der Waals surface area (Å²) >= 11 is 1.75. The lowest BCUT2D eigenvalue weighted by Crippen LogP contribution is -2.29. The molecule has 0 aliphatic heterocycles. The van der Waals surface area contributed by atoms with Crippen LogP contribution in [0.2, 0.25) is 0 Å². The van der Waals surface area contributed by atoms with Crippen LogP contribution in [0.4, 0.5) is 0 Å². The molecule has 0 bridgehead atoms. The number of phenols is 1. The lowest BCUT2D eigenvalue weighted by Gasteiger charge is -2.13. The van der Waals surface area contributed by atoms with Crippen LogP contribution in [-0.4, -0.2) is 17.7 Å². The van der Waals surface area contributed by atoms with E-state index < -0.39 is 0 Å². The van der Waals surface area contributed by atoms with Gasteiger partial charge in [0.15, 0.2) is 0 Å². The zero-order chi connectivity index (χ0) is 12.8. The summed E-state index contributed by atoms with van der Waals surface area (Å²) in [4.78, 5) is 0. The minimum atomic E-state index is 0.330. The van der Waals surface area contributed by atoms with Crippen molar-refractivity contribution in [1.82, 2.24) is 5.32 Å². The van der Waals surface area contributed by atoms with Crippen molar-refractivity contribution >= 4 is 11.3 Å². The van der Waals surface area contributed by atoms with Gasteiger partial charge in [0.1, 0.15) is 5.75 Å². The Balaban J connectivity index is 1.71. The van der Waals surface area contributed by atoms with E-state index in [1.54, 1.807) is 23.5 Å². The quantitative estimate of drug-likeness (QED) is 0.837. The molecule has 18 heavy (non-hydrogen) atoms. The summed E-state index contributed by atoms with van der Waals surface area (Å²) in [6, 6.07) is 10.1. The summed E-state index contributed by atoms with van der Waals surface area (Å²) in [5.74, 6) is 0.330. The Hall–Kier alpha value is -1.32. The van der Waals surface area contributed by atoms with Crippen LogP contribution in [0.5, 0.6) is 5.75 Å². The van der Waals surface area contributed by atoms with Crippen LogP contribution in [0.1, 0.15) is 18.1 Å². The first-order valence-electron chi connectivity index (χ1n) is 6.26. The van der Waals surface area contributed by atoms with Gasteiger partial charge in [0.05, 0.1) is 0 Å². The Morgan fingerprint density at radius 3 is 2.61 bits per heavy atom. The normalized spacial score (nSPS) is 12.5. The molecule has 2 N–H and O–H groups in total. The number of hydrogen-bond acceptors (Lipinski definition) is 3. The topological polar surface area (TPSA) is 32.3 Å². The molecule has 1 aromatic carbocycles. The number of phenolic OH excluding ortho intramolecular Hbond substituents is 1. The van der Waals surface area contributed by atoms with Gasteiger partial charge in [0.2, 0.25) is 0 Å². The van der Waals surface area contributed by atoms with Crippen molar-refractivity contribution in [3.8, 4) is 5.75 Å². The van der Waals surface area contributed by atoms with E-state index in [1.165, 1.54) is 11.1 Å². The fourth-order valence-corrected chi connectivity index (χ4v) is 2.66. The lowest BCUT2D eigenvalue weighted by molar-refractivity contribution is 0.474. The molecule has 0 saturated carbocycles. The van der Waals surface area contributed by atoms with Gasteiger partial charge >= 0.3 is 0 Å². The van der Waals surface area contributed by atoms with Crippen LogP contribution < -0.4 is 5.32 Å². The monoisotopic (exact) mass is 261 g/mol. The van der Waals surface area contributed by atoms with E-state index in [0.717, 1.165) is 19.4 Å². The molecule has 96 valence electrons. The molecular weight excluding hydrogens is 242 g/mol. The Labute approximate surface area is 112 Å². The van der Waals surface area contributed by atoms with Gasteiger partial charge in [-0.05, 0) is 66.4 Å².